The first-order chi connectivity index (χ1) is 5.81. The molecule has 0 bridgehead atoms. The summed E-state index contributed by atoms with van der Waals surface area (Å²) in [6, 6.07) is 0. The molecule has 0 saturated carbocycles. The lowest BCUT2D eigenvalue weighted by Gasteiger charge is -2.06. The molecule has 0 rings (SSSR count). The first kappa shape index (κ1) is 12.4. The van der Waals surface area contributed by atoms with Crippen LogP contribution in [0.4, 0.5) is 0 Å². The van der Waals surface area contributed by atoms with Gasteiger partial charge >= 0.3 is 0 Å². The Labute approximate surface area is 84.7 Å². The van der Waals surface area contributed by atoms with Gasteiger partial charge in [-0.15, -0.1) is 0 Å². The summed E-state index contributed by atoms with van der Waals surface area (Å²) in [4.78, 5) is 0. The molecule has 0 aliphatic heterocycles. The Morgan fingerprint density at radius 1 is 1.08 bits per heavy atom. The van der Waals surface area contributed by atoms with Gasteiger partial charge in [-0.05, 0) is 18.8 Å². The van der Waals surface area contributed by atoms with Crippen molar-refractivity contribution in [3.8, 4) is 0 Å². The van der Waals surface area contributed by atoms with Crippen molar-refractivity contribution in [2.24, 2.45) is 5.92 Å². The summed E-state index contributed by atoms with van der Waals surface area (Å²) < 4.78 is 0. The van der Waals surface area contributed by atoms with Gasteiger partial charge in [-0.2, -0.15) is 0 Å². The maximum absolute atomic E-state index is 8.54. The van der Waals surface area contributed by atoms with E-state index < -0.39 is 0 Å². The van der Waals surface area contributed by atoms with E-state index in [1.807, 2.05) is 0 Å². The highest BCUT2D eigenvalue weighted by Crippen LogP contribution is 2.12. The van der Waals surface area contributed by atoms with Gasteiger partial charge in [0.25, 0.3) is 0 Å². The smallest absolute Gasteiger partial charge is 0.0431 e. The molecule has 12 heavy (non-hydrogen) atoms. The standard InChI is InChI=1S/C10H21BrO/c1-10(9-11)7-5-3-2-4-6-8-12/h10,12H,2-9H2,1H3/t10-/m0/s1. The second-order valence-corrected chi connectivity index (χ2v) is 4.19. The second kappa shape index (κ2) is 9.53. The first-order valence-electron chi connectivity index (χ1n) is 4.98. The zero-order valence-electron chi connectivity index (χ0n) is 8.06. The van der Waals surface area contributed by atoms with Gasteiger partial charge in [0.1, 0.15) is 0 Å². The van der Waals surface area contributed by atoms with E-state index in [0.717, 1.165) is 17.7 Å². The normalized spacial score (nSPS) is 13.2. The minimum absolute atomic E-state index is 0.359. The van der Waals surface area contributed by atoms with E-state index in [4.69, 9.17) is 5.11 Å². The van der Waals surface area contributed by atoms with Crippen molar-refractivity contribution in [2.45, 2.75) is 45.4 Å². The van der Waals surface area contributed by atoms with Gasteiger partial charge < -0.3 is 5.11 Å². The monoisotopic (exact) mass is 236 g/mol. The molecule has 0 amide bonds. The molecular weight excluding hydrogens is 216 g/mol. The van der Waals surface area contributed by atoms with Crippen LogP contribution in [0.1, 0.15) is 45.4 Å². The van der Waals surface area contributed by atoms with E-state index in [1.165, 1.54) is 32.1 Å². The second-order valence-electron chi connectivity index (χ2n) is 3.54. The van der Waals surface area contributed by atoms with E-state index in [9.17, 15) is 0 Å². The summed E-state index contributed by atoms with van der Waals surface area (Å²) in [6.45, 7) is 2.64. The van der Waals surface area contributed by atoms with Crippen LogP contribution in [0.5, 0.6) is 0 Å². The molecule has 0 aromatic rings. The van der Waals surface area contributed by atoms with Gasteiger partial charge in [-0.3, -0.25) is 0 Å². The third kappa shape index (κ3) is 8.54. The fraction of sp³-hybridized carbons (Fsp3) is 1.00. The fourth-order valence-electron chi connectivity index (χ4n) is 1.21. The summed E-state index contributed by atoms with van der Waals surface area (Å²) in [7, 11) is 0. The molecule has 0 spiro atoms. The van der Waals surface area contributed by atoms with Crippen molar-refractivity contribution < 1.29 is 5.11 Å². The summed E-state index contributed by atoms with van der Waals surface area (Å²) in [5.74, 6) is 0.822. The molecule has 1 nitrogen and oxygen atoms in total. The minimum atomic E-state index is 0.359. The molecule has 0 fully saturated rings. The lowest BCUT2D eigenvalue weighted by Crippen LogP contribution is -1.95. The zero-order valence-corrected chi connectivity index (χ0v) is 9.65. The predicted octanol–water partition coefficient (Wildman–Crippen LogP) is 3.35. The third-order valence-corrected chi connectivity index (χ3v) is 3.22. The number of aliphatic hydroxyl groups excluding tert-OH is 1. The van der Waals surface area contributed by atoms with Gasteiger partial charge in [-0.1, -0.05) is 48.5 Å². The SMILES string of the molecule is C[C@H](CBr)CCCCCCCO. The molecular formula is C10H21BrO. The molecule has 0 saturated heterocycles. The van der Waals surface area contributed by atoms with Crippen LogP contribution in [-0.2, 0) is 0 Å². The van der Waals surface area contributed by atoms with Gasteiger partial charge in [-0.25, -0.2) is 0 Å². The number of halogens is 1. The Bertz CT molecular complexity index is 85.9. The Kier molecular flexibility index (Phi) is 9.88. The Hall–Kier alpha value is 0.440. The number of hydrogen-bond acceptors (Lipinski definition) is 1. The summed E-state index contributed by atoms with van der Waals surface area (Å²) >= 11 is 3.48. The molecule has 0 aliphatic rings. The average Bonchev–Trinajstić information content (AvgIpc) is 2.10. The number of unbranched alkanes of at least 4 members (excludes halogenated alkanes) is 4. The molecule has 74 valence electrons. The van der Waals surface area contributed by atoms with Crippen LogP contribution < -0.4 is 0 Å². The predicted molar refractivity (Wildman–Crippen MR) is 57.7 cm³/mol. The van der Waals surface area contributed by atoms with Crippen molar-refractivity contribution in [1.82, 2.24) is 0 Å². The van der Waals surface area contributed by atoms with E-state index in [-0.39, 0.29) is 0 Å². The highest BCUT2D eigenvalue weighted by atomic mass is 79.9. The van der Waals surface area contributed by atoms with Crippen LogP contribution in [0.25, 0.3) is 0 Å². The van der Waals surface area contributed by atoms with Crippen LogP contribution in [0, 0.1) is 5.92 Å². The van der Waals surface area contributed by atoms with Gasteiger partial charge in [0.15, 0.2) is 0 Å². The van der Waals surface area contributed by atoms with Crippen LogP contribution in [0.3, 0.4) is 0 Å². The van der Waals surface area contributed by atoms with Crippen molar-refractivity contribution in [3.63, 3.8) is 0 Å². The third-order valence-electron chi connectivity index (χ3n) is 2.12. The lowest BCUT2D eigenvalue weighted by atomic mass is 10.0. The summed E-state index contributed by atoms with van der Waals surface area (Å²) in [5, 5.41) is 9.67. The first-order valence-corrected chi connectivity index (χ1v) is 6.10. The zero-order chi connectivity index (χ0) is 9.23. The quantitative estimate of drug-likeness (QED) is 0.507. The number of alkyl halides is 1. The van der Waals surface area contributed by atoms with Crippen LogP contribution >= 0.6 is 15.9 Å². The van der Waals surface area contributed by atoms with Crippen molar-refractivity contribution in [1.29, 1.82) is 0 Å². The molecule has 0 radical (unpaired) electrons. The maximum Gasteiger partial charge on any atom is 0.0431 e. The van der Waals surface area contributed by atoms with Gasteiger partial charge in [0, 0.05) is 11.9 Å². The van der Waals surface area contributed by atoms with E-state index in [1.54, 1.807) is 0 Å². The topological polar surface area (TPSA) is 20.2 Å². The largest absolute Gasteiger partial charge is 0.396 e. The number of rotatable bonds is 8. The molecule has 2 heteroatoms. The highest BCUT2D eigenvalue weighted by Gasteiger charge is 1.98. The highest BCUT2D eigenvalue weighted by molar-refractivity contribution is 9.09. The van der Waals surface area contributed by atoms with Crippen molar-refractivity contribution in [3.05, 3.63) is 0 Å². The minimum Gasteiger partial charge on any atom is -0.396 e. The van der Waals surface area contributed by atoms with Crippen molar-refractivity contribution >= 4 is 15.9 Å². The molecule has 1 N–H and O–H groups in total. The van der Waals surface area contributed by atoms with E-state index in [0.29, 0.717) is 6.61 Å². The number of hydrogen-bond donors (Lipinski definition) is 1. The van der Waals surface area contributed by atoms with Crippen LogP contribution in [-0.4, -0.2) is 17.0 Å². The molecule has 0 unspecified atom stereocenters. The molecule has 0 heterocycles. The molecule has 0 aromatic carbocycles. The van der Waals surface area contributed by atoms with E-state index >= 15 is 0 Å². The Morgan fingerprint density at radius 2 is 1.67 bits per heavy atom. The van der Waals surface area contributed by atoms with Crippen molar-refractivity contribution in [2.75, 3.05) is 11.9 Å². The molecule has 0 aromatic heterocycles. The lowest BCUT2D eigenvalue weighted by molar-refractivity contribution is 0.282. The molecule has 0 aliphatic carbocycles. The fourth-order valence-corrected chi connectivity index (χ4v) is 1.54. The average molecular weight is 237 g/mol. The van der Waals surface area contributed by atoms with Gasteiger partial charge in [0.2, 0.25) is 0 Å². The molecule has 1 atom stereocenters. The Balaban J connectivity index is 2.90. The summed E-state index contributed by atoms with van der Waals surface area (Å²) in [5.41, 5.74) is 0. The summed E-state index contributed by atoms with van der Waals surface area (Å²) in [6.07, 6.45) is 7.47. The number of aliphatic hydroxyl groups is 1. The van der Waals surface area contributed by atoms with Crippen LogP contribution in [0.2, 0.25) is 0 Å². The van der Waals surface area contributed by atoms with Gasteiger partial charge in [0.05, 0.1) is 0 Å². The van der Waals surface area contributed by atoms with E-state index in [2.05, 4.69) is 22.9 Å². The Morgan fingerprint density at radius 3 is 2.25 bits per heavy atom. The van der Waals surface area contributed by atoms with Crippen LogP contribution in [0.15, 0.2) is 0 Å². The maximum atomic E-state index is 8.54.